The van der Waals surface area contributed by atoms with Crippen molar-refractivity contribution in [1.82, 2.24) is 4.98 Å². The van der Waals surface area contributed by atoms with Crippen LogP contribution in [0.25, 0.3) is 0 Å². The minimum Gasteiger partial charge on any atom is -0.447 e. The number of aromatic nitrogens is 1. The highest BCUT2D eigenvalue weighted by molar-refractivity contribution is 7.16. The summed E-state index contributed by atoms with van der Waals surface area (Å²) in [4.78, 5) is 16.0. The van der Waals surface area contributed by atoms with E-state index in [0.717, 1.165) is 4.88 Å². The fourth-order valence-corrected chi connectivity index (χ4v) is 1.60. The summed E-state index contributed by atoms with van der Waals surface area (Å²) in [5.74, 6) is 5.61. The van der Waals surface area contributed by atoms with E-state index in [1.165, 1.54) is 11.3 Å². The number of aliphatic hydroxyl groups excluding tert-OH is 1. The van der Waals surface area contributed by atoms with Crippen molar-refractivity contribution in [3.8, 4) is 11.8 Å². The van der Waals surface area contributed by atoms with E-state index in [1.807, 2.05) is 0 Å². The van der Waals surface area contributed by atoms with Crippen LogP contribution in [-0.4, -0.2) is 28.9 Å². The van der Waals surface area contributed by atoms with Crippen LogP contribution >= 0.6 is 11.3 Å². The molecule has 0 saturated carbocycles. The van der Waals surface area contributed by atoms with E-state index in [2.05, 4.69) is 22.1 Å². The van der Waals surface area contributed by atoms with Gasteiger partial charge in [0, 0.05) is 6.42 Å². The molecule has 1 aromatic rings. The molecule has 0 aromatic carbocycles. The summed E-state index contributed by atoms with van der Waals surface area (Å²) in [6.07, 6.45) is 1.30. The lowest BCUT2D eigenvalue weighted by Crippen LogP contribution is -2.17. The van der Waals surface area contributed by atoms with E-state index in [9.17, 15) is 4.79 Å². The van der Waals surface area contributed by atoms with Gasteiger partial charge in [-0.05, 0) is 13.8 Å². The lowest BCUT2D eigenvalue weighted by atomic mass is 10.4. The molecule has 0 bridgehead atoms. The van der Waals surface area contributed by atoms with Crippen molar-refractivity contribution in [1.29, 1.82) is 0 Å². The van der Waals surface area contributed by atoms with Crippen LogP contribution in [0.15, 0.2) is 6.20 Å². The van der Waals surface area contributed by atoms with E-state index in [-0.39, 0.29) is 12.7 Å². The molecule has 17 heavy (non-hydrogen) atoms. The van der Waals surface area contributed by atoms with E-state index in [4.69, 9.17) is 9.84 Å². The first kappa shape index (κ1) is 13.5. The topological polar surface area (TPSA) is 71.5 Å². The maximum atomic E-state index is 11.3. The average Bonchev–Trinajstić information content (AvgIpc) is 2.64. The van der Waals surface area contributed by atoms with Crippen LogP contribution in [0.4, 0.5) is 9.93 Å². The fourth-order valence-electron chi connectivity index (χ4n) is 0.926. The highest BCUT2D eigenvalue weighted by Crippen LogP contribution is 2.17. The Morgan fingerprint density at radius 1 is 1.71 bits per heavy atom. The maximum absolute atomic E-state index is 11.3. The van der Waals surface area contributed by atoms with Crippen molar-refractivity contribution in [2.45, 2.75) is 26.4 Å². The third-order valence-corrected chi connectivity index (χ3v) is 2.33. The highest BCUT2D eigenvalue weighted by Gasteiger charge is 2.07. The first-order valence-electron chi connectivity index (χ1n) is 5.15. The molecule has 6 heteroatoms. The van der Waals surface area contributed by atoms with Crippen molar-refractivity contribution in [2.75, 3.05) is 11.9 Å². The summed E-state index contributed by atoms with van der Waals surface area (Å²) in [5, 5.41) is 11.5. The summed E-state index contributed by atoms with van der Waals surface area (Å²) in [6, 6.07) is 0. The smallest absolute Gasteiger partial charge is 0.413 e. The second kappa shape index (κ2) is 6.89. The van der Waals surface area contributed by atoms with Crippen LogP contribution in [-0.2, 0) is 4.74 Å². The largest absolute Gasteiger partial charge is 0.447 e. The molecule has 0 unspecified atom stereocenters. The van der Waals surface area contributed by atoms with E-state index in [1.54, 1.807) is 20.0 Å². The second-order valence-corrected chi connectivity index (χ2v) is 4.41. The molecule has 0 saturated heterocycles. The summed E-state index contributed by atoms with van der Waals surface area (Å²) in [7, 11) is 0. The van der Waals surface area contributed by atoms with Gasteiger partial charge in [0.1, 0.15) is 0 Å². The first-order chi connectivity index (χ1) is 8.11. The average molecular weight is 254 g/mol. The molecular weight excluding hydrogens is 240 g/mol. The van der Waals surface area contributed by atoms with Gasteiger partial charge in [0.25, 0.3) is 0 Å². The molecule has 0 aliphatic rings. The lowest BCUT2D eigenvalue weighted by Gasteiger charge is -2.06. The quantitative estimate of drug-likeness (QED) is 0.807. The number of thiazole rings is 1. The third-order valence-electron chi connectivity index (χ3n) is 1.51. The van der Waals surface area contributed by atoms with Crippen molar-refractivity contribution < 1.29 is 14.6 Å². The molecule has 0 aliphatic carbocycles. The zero-order valence-electron chi connectivity index (χ0n) is 9.69. The number of rotatable bonds is 3. The minimum absolute atomic E-state index is 0.0393. The number of aliphatic hydroxyl groups is 1. The van der Waals surface area contributed by atoms with Gasteiger partial charge >= 0.3 is 6.09 Å². The van der Waals surface area contributed by atoms with Crippen molar-refractivity contribution in [2.24, 2.45) is 0 Å². The van der Waals surface area contributed by atoms with Crippen LogP contribution < -0.4 is 5.32 Å². The van der Waals surface area contributed by atoms with Gasteiger partial charge in [-0.15, -0.1) is 0 Å². The van der Waals surface area contributed by atoms with Crippen LogP contribution in [0.5, 0.6) is 0 Å². The summed E-state index contributed by atoms with van der Waals surface area (Å²) >= 11 is 1.26. The molecule has 1 aromatic heterocycles. The minimum atomic E-state index is -0.524. The predicted octanol–water partition coefficient (Wildman–Crippen LogP) is 1.83. The lowest BCUT2D eigenvalue weighted by molar-refractivity contribution is 0.130. The number of amides is 1. The van der Waals surface area contributed by atoms with Crippen LogP contribution in [0.2, 0.25) is 0 Å². The Morgan fingerprint density at radius 2 is 2.47 bits per heavy atom. The van der Waals surface area contributed by atoms with Crippen molar-refractivity contribution >= 4 is 22.6 Å². The Kier molecular flexibility index (Phi) is 5.46. The number of hydrogen-bond acceptors (Lipinski definition) is 5. The molecule has 0 radical (unpaired) electrons. The van der Waals surface area contributed by atoms with Gasteiger partial charge in [0.2, 0.25) is 0 Å². The van der Waals surface area contributed by atoms with E-state index >= 15 is 0 Å². The Hall–Kier alpha value is -1.58. The SMILES string of the molecule is CC(C)OC(=O)Nc1ncc(C#CCCO)s1. The van der Waals surface area contributed by atoms with Gasteiger partial charge in [-0.1, -0.05) is 23.2 Å². The molecule has 0 fully saturated rings. The van der Waals surface area contributed by atoms with Gasteiger partial charge in [-0.3, -0.25) is 5.32 Å². The molecular formula is C11H14N2O3S. The number of ether oxygens (including phenoxy) is 1. The summed E-state index contributed by atoms with van der Waals surface area (Å²) in [6.45, 7) is 3.58. The Bertz CT molecular complexity index is 431. The predicted molar refractivity (Wildman–Crippen MR) is 65.9 cm³/mol. The molecule has 5 nitrogen and oxygen atoms in total. The number of anilines is 1. The Morgan fingerprint density at radius 3 is 3.12 bits per heavy atom. The second-order valence-electron chi connectivity index (χ2n) is 3.38. The zero-order chi connectivity index (χ0) is 12.7. The molecule has 0 spiro atoms. The number of carbonyl (C=O) groups is 1. The molecule has 92 valence electrons. The fraction of sp³-hybridized carbons (Fsp3) is 0.455. The number of nitrogens with zero attached hydrogens (tertiary/aromatic N) is 1. The maximum Gasteiger partial charge on any atom is 0.413 e. The molecule has 0 atom stereocenters. The monoisotopic (exact) mass is 254 g/mol. The van der Waals surface area contributed by atoms with Crippen molar-refractivity contribution in [3.63, 3.8) is 0 Å². The number of hydrogen-bond donors (Lipinski definition) is 2. The first-order valence-corrected chi connectivity index (χ1v) is 5.96. The van der Waals surface area contributed by atoms with E-state index < -0.39 is 6.09 Å². The highest BCUT2D eigenvalue weighted by atomic mass is 32.1. The van der Waals surface area contributed by atoms with Crippen LogP contribution in [0.3, 0.4) is 0 Å². The zero-order valence-corrected chi connectivity index (χ0v) is 10.5. The Labute approximate surface area is 104 Å². The molecule has 1 rings (SSSR count). The van der Waals surface area contributed by atoms with Gasteiger partial charge in [0.15, 0.2) is 5.13 Å². The summed E-state index contributed by atoms with van der Waals surface area (Å²) in [5.41, 5.74) is 0. The van der Waals surface area contributed by atoms with Crippen LogP contribution in [0, 0.1) is 11.8 Å². The van der Waals surface area contributed by atoms with Gasteiger partial charge in [0.05, 0.1) is 23.8 Å². The number of carbonyl (C=O) groups excluding carboxylic acids is 1. The number of nitrogens with one attached hydrogen (secondary N) is 1. The van der Waals surface area contributed by atoms with E-state index in [0.29, 0.717) is 11.6 Å². The van der Waals surface area contributed by atoms with Gasteiger partial charge < -0.3 is 9.84 Å². The van der Waals surface area contributed by atoms with Crippen molar-refractivity contribution in [3.05, 3.63) is 11.1 Å². The van der Waals surface area contributed by atoms with Gasteiger partial charge in [-0.2, -0.15) is 0 Å². The van der Waals surface area contributed by atoms with Gasteiger partial charge in [-0.25, -0.2) is 9.78 Å². The third kappa shape index (κ3) is 5.33. The molecule has 0 aliphatic heterocycles. The molecule has 1 amide bonds. The molecule has 2 N–H and O–H groups in total. The summed E-state index contributed by atoms with van der Waals surface area (Å²) < 4.78 is 4.91. The Balaban J connectivity index is 2.52. The standard InChI is InChI=1S/C11H14N2O3S/c1-8(2)16-11(15)13-10-12-7-9(17-10)5-3-4-6-14/h7-8,14H,4,6H2,1-2H3,(H,12,13,15). The van der Waals surface area contributed by atoms with Crippen LogP contribution in [0.1, 0.15) is 25.1 Å². The molecule has 1 heterocycles. The normalized spacial score (nSPS) is 9.65.